The van der Waals surface area contributed by atoms with E-state index < -0.39 is 17.6 Å². The first-order valence-corrected chi connectivity index (χ1v) is 8.26. The minimum Gasteiger partial charge on any atom is -0.459 e. The molecule has 0 bridgehead atoms. The molecule has 0 aromatic carbocycles. The number of carbonyl (C=O) groups is 2. The Morgan fingerprint density at radius 1 is 1.46 bits per heavy atom. The molecule has 0 saturated carbocycles. The van der Waals surface area contributed by atoms with Crippen LogP contribution in [0.2, 0.25) is 0 Å². The SMILES string of the molecule is CC(C)(C)OC(=O)CN1C(=O)C(N=[N+]=[N-])CCCC2CC=CC=C21. The van der Waals surface area contributed by atoms with Gasteiger partial charge in [0.05, 0.1) is 0 Å². The lowest BCUT2D eigenvalue weighted by Crippen LogP contribution is -2.45. The maximum absolute atomic E-state index is 12.8. The average molecular weight is 332 g/mol. The molecule has 0 radical (unpaired) electrons. The van der Waals surface area contributed by atoms with E-state index >= 15 is 0 Å². The van der Waals surface area contributed by atoms with Crippen molar-refractivity contribution in [2.45, 2.75) is 58.1 Å². The van der Waals surface area contributed by atoms with E-state index in [1.54, 1.807) is 20.8 Å². The second kappa shape index (κ2) is 7.53. The lowest BCUT2D eigenvalue weighted by atomic mass is 9.87. The largest absolute Gasteiger partial charge is 0.459 e. The molecule has 1 fully saturated rings. The summed E-state index contributed by atoms with van der Waals surface area (Å²) >= 11 is 0. The Kier molecular flexibility index (Phi) is 5.67. The van der Waals surface area contributed by atoms with Crippen molar-refractivity contribution in [2.75, 3.05) is 6.54 Å². The van der Waals surface area contributed by atoms with Gasteiger partial charge in [-0.3, -0.25) is 9.59 Å². The van der Waals surface area contributed by atoms with Crippen molar-refractivity contribution < 1.29 is 14.3 Å². The third-order valence-corrected chi connectivity index (χ3v) is 4.03. The van der Waals surface area contributed by atoms with Gasteiger partial charge in [0.2, 0.25) is 5.91 Å². The molecule has 24 heavy (non-hydrogen) atoms. The first kappa shape index (κ1) is 18.1. The molecule has 1 saturated heterocycles. The van der Waals surface area contributed by atoms with Gasteiger partial charge in [-0.2, -0.15) is 0 Å². The van der Waals surface area contributed by atoms with Crippen LogP contribution in [0.3, 0.4) is 0 Å². The number of rotatable bonds is 3. The molecule has 2 unspecified atom stereocenters. The fourth-order valence-corrected chi connectivity index (χ4v) is 3.07. The minimum absolute atomic E-state index is 0.163. The normalized spacial score (nSPS) is 24.2. The molecule has 1 aliphatic heterocycles. The minimum atomic E-state index is -0.773. The Morgan fingerprint density at radius 3 is 2.88 bits per heavy atom. The zero-order valence-electron chi connectivity index (χ0n) is 14.4. The van der Waals surface area contributed by atoms with E-state index in [2.05, 4.69) is 16.1 Å². The highest BCUT2D eigenvalue weighted by molar-refractivity contribution is 5.87. The Hall–Kier alpha value is -2.27. The summed E-state index contributed by atoms with van der Waals surface area (Å²) in [5.41, 5.74) is 8.92. The first-order chi connectivity index (χ1) is 11.3. The van der Waals surface area contributed by atoms with Gasteiger partial charge >= 0.3 is 5.97 Å². The number of amides is 1. The van der Waals surface area contributed by atoms with Gasteiger partial charge in [-0.15, -0.1) is 0 Å². The van der Waals surface area contributed by atoms with E-state index in [0.29, 0.717) is 6.42 Å². The summed E-state index contributed by atoms with van der Waals surface area (Å²) in [5, 5.41) is 3.63. The molecule has 0 N–H and O–H groups in total. The summed E-state index contributed by atoms with van der Waals surface area (Å²) in [4.78, 5) is 29.3. The van der Waals surface area contributed by atoms with Crippen molar-refractivity contribution in [3.8, 4) is 0 Å². The van der Waals surface area contributed by atoms with Crippen LogP contribution in [0, 0.1) is 5.92 Å². The number of likely N-dealkylation sites (tertiary alicyclic amines) is 1. The maximum atomic E-state index is 12.8. The Morgan fingerprint density at radius 2 is 2.21 bits per heavy atom. The number of hydrogen-bond acceptors (Lipinski definition) is 4. The van der Waals surface area contributed by atoms with Gasteiger partial charge in [-0.05, 0) is 51.6 Å². The summed E-state index contributed by atoms with van der Waals surface area (Å²) in [7, 11) is 0. The fourth-order valence-electron chi connectivity index (χ4n) is 3.07. The molecule has 0 spiro atoms. The van der Waals surface area contributed by atoms with Crippen LogP contribution in [0.25, 0.3) is 10.4 Å². The number of nitrogens with zero attached hydrogens (tertiary/aromatic N) is 4. The lowest BCUT2D eigenvalue weighted by Gasteiger charge is -2.35. The van der Waals surface area contributed by atoms with Crippen molar-refractivity contribution in [2.24, 2.45) is 11.0 Å². The van der Waals surface area contributed by atoms with Crippen LogP contribution in [-0.4, -0.2) is 35.0 Å². The summed E-state index contributed by atoms with van der Waals surface area (Å²) in [6, 6.07) is -0.773. The van der Waals surface area contributed by atoms with Gasteiger partial charge in [0.25, 0.3) is 0 Å². The van der Waals surface area contributed by atoms with Crippen LogP contribution in [0.5, 0.6) is 0 Å². The summed E-state index contributed by atoms with van der Waals surface area (Å²) in [5.74, 6) is -0.594. The zero-order chi connectivity index (χ0) is 17.7. The Balaban J connectivity index is 2.29. The first-order valence-electron chi connectivity index (χ1n) is 8.26. The summed E-state index contributed by atoms with van der Waals surface area (Å²) in [6.45, 7) is 5.20. The lowest BCUT2D eigenvalue weighted by molar-refractivity contribution is -0.158. The summed E-state index contributed by atoms with van der Waals surface area (Å²) < 4.78 is 5.35. The van der Waals surface area contributed by atoms with E-state index in [0.717, 1.165) is 25.0 Å². The fraction of sp³-hybridized carbons (Fsp3) is 0.647. The summed E-state index contributed by atoms with van der Waals surface area (Å²) in [6.07, 6.45) is 8.88. The third kappa shape index (κ3) is 4.61. The number of fused-ring (bicyclic) bond motifs is 1. The smallest absolute Gasteiger partial charge is 0.326 e. The van der Waals surface area contributed by atoms with Crippen LogP contribution in [0.4, 0.5) is 0 Å². The van der Waals surface area contributed by atoms with E-state index in [4.69, 9.17) is 10.3 Å². The van der Waals surface area contributed by atoms with Crippen LogP contribution >= 0.6 is 0 Å². The van der Waals surface area contributed by atoms with Crippen molar-refractivity contribution in [1.29, 1.82) is 0 Å². The van der Waals surface area contributed by atoms with Crippen LogP contribution in [-0.2, 0) is 14.3 Å². The van der Waals surface area contributed by atoms with Crippen LogP contribution in [0.1, 0.15) is 46.5 Å². The molecule has 1 amide bonds. The molecule has 2 aliphatic rings. The molecule has 0 aromatic rings. The molecule has 130 valence electrons. The van der Waals surface area contributed by atoms with Crippen molar-refractivity contribution in [1.82, 2.24) is 4.90 Å². The maximum Gasteiger partial charge on any atom is 0.326 e. The topological polar surface area (TPSA) is 95.4 Å². The predicted octanol–water partition coefficient (Wildman–Crippen LogP) is 3.48. The quantitative estimate of drug-likeness (QED) is 0.342. The van der Waals surface area contributed by atoms with E-state index in [9.17, 15) is 9.59 Å². The van der Waals surface area contributed by atoms with Crippen molar-refractivity contribution >= 4 is 11.9 Å². The Labute approximate surface area is 142 Å². The van der Waals surface area contributed by atoms with Gasteiger partial charge in [0.15, 0.2) is 0 Å². The number of allylic oxidation sites excluding steroid dienone is 4. The van der Waals surface area contributed by atoms with Gasteiger partial charge in [-0.25, -0.2) is 0 Å². The van der Waals surface area contributed by atoms with Crippen molar-refractivity contribution in [3.63, 3.8) is 0 Å². The molecule has 0 aromatic heterocycles. The molecule has 1 heterocycles. The molecule has 7 heteroatoms. The molecule has 7 nitrogen and oxygen atoms in total. The van der Waals surface area contributed by atoms with E-state index in [1.807, 2.05) is 12.2 Å². The molecular formula is C17H24N4O3. The van der Waals surface area contributed by atoms with E-state index in [-0.39, 0.29) is 18.4 Å². The van der Waals surface area contributed by atoms with Gasteiger partial charge in [0, 0.05) is 16.5 Å². The average Bonchev–Trinajstić information content (AvgIpc) is 2.49. The molecule has 2 rings (SSSR count). The van der Waals surface area contributed by atoms with Gasteiger partial charge in [0.1, 0.15) is 18.2 Å². The standard InChI is InChI=1S/C17H24N4O3/c1-17(2,3)24-15(22)11-21-14-10-5-4-7-12(14)8-6-9-13(16(21)23)19-20-18/h4-5,10,12-13H,6-9,11H2,1-3H3. The zero-order valence-corrected chi connectivity index (χ0v) is 14.4. The second-order valence-electron chi connectivity index (χ2n) is 7.11. The number of carbonyl (C=O) groups excluding carboxylic acids is 2. The number of azide groups is 1. The number of esters is 1. The van der Waals surface area contributed by atoms with Gasteiger partial charge < -0.3 is 9.64 Å². The third-order valence-electron chi connectivity index (χ3n) is 4.03. The second-order valence-corrected chi connectivity index (χ2v) is 7.11. The molecular weight excluding hydrogens is 308 g/mol. The van der Waals surface area contributed by atoms with Crippen LogP contribution < -0.4 is 0 Å². The highest BCUT2D eigenvalue weighted by atomic mass is 16.6. The molecule has 2 atom stereocenters. The molecule has 1 aliphatic carbocycles. The monoisotopic (exact) mass is 332 g/mol. The Bertz CT molecular complexity index is 612. The van der Waals surface area contributed by atoms with Crippen molar-refractivity contribution in [3.05, 3.63) is 34.4 Å². The highest BCUT2D eigenvalue weighted by Gasteiger charge is 2.34. The highest BCUT2D eigenvalue weighted by Crippen LogP contribution is 2.32. The number of ether oxygens (including phenoxy) is 1. The number of hydrogen-bond donors (Lipinski definition) is 0. The van der Waals surface area contributed by atoms with E-state index in [1.165, 1.54) is 4.90 Å². The van der Waals surface area contributed by atoms with Gasteiger partial charge in [-0.1, -0.05) is 23.7 Å². The predicted molar refractivity (Wildman–Crippen MR) is 89.7 cm³/mol. The van der Waals surface area contributed by atoms with Crippen LogP contribution in [0.15, 0.2) is 29.0 Å².